The van der Waals surface area contributed by atoms with E-state index in [0.717, 1.165) is 0 Å². The van der Waals surface area contributed by atoms with Crippen LogP contribution in [0.3, 0.4) is 0 Å². The Balaban J connectivity index is 2.58. The molecule has 0 N–H and O–H groups in total. The molecule has 0 amide bonds. The van der Waals surface area contributed by atoms with Gasteiger partial charge in [0.1, 0.15) is 5.52 Å². The molecule has 0 atom stereocenters. The number of carbonyl (C=O) groups excluding carboxylic acids is 1. The number of imidazole rings is 1. The van der Waals surface area contributed by atoms with Crippen molar-refractivity contribution >= 4 is 34.6 Å². The van der Waals surface area contributed by atoms with E-state index < -0.39 is 0 Å². The standard InChI is InChI=1S/C12H13ClN4O/c1-7(2)17-6-14-10-11(13)15-9(16-12(10)17)5-4-8(3)18/h4-7H,1-3H3/b5-4+. The zero-order valence-corrected chi connectivity index (χ0v) is 11.1. The quantitative estimate of drug-likeness (QED) is 0.632. The number of aromatic nitrogens is 4. The highest BCUT2D eigenvalue weighted by Gasteiger charge is 2.12. The van der Waals surface area contributed by atoms with Gasteiger partial charge in [-0.3, -0.25) is 4.79 Å². The van der Waals surface area contributed by atoms with Gasteiger partial charge in [0.05, 0.1) is 6.33 Å². The summed E-state index contributed by atoms with van der Waals surface area (Å²) in [6, 6.07) is 0.227. The second-order valence-corrected chi connectivity index (χ2v) is 4.59. The lowest BCUT2D eigenvalue weighted by molar-refractivity contribution is -0.112. The number of ketones is 1. The molecule has 0 aliphatic rings. The van der Waals surface area contributed by atoms with Gasteiger partial charge >= 0.3 is 0 Å². The van der Waals surface area contributed by atoms with Crippen molar-refractivity contribution in [3.8, 4) is 0 Å². The fraction of sp³-hybridized carbons (Fsp3) is 0.333. The lowest BCUT2D eigenvalue weighted by Crippen LogP contribution is -2.01. The number of allylic oxidation sites excluding steroid dienone is 1. The first-order valence-corrected chi connectivity index (χ1v) is 5.95. The van der Waals surface area contributed by atoms with E-state index in [1.54, 1.807) is 12.4 Å². The maximum Gasteiger partial charge on any atom is 0.165 e. The molecule has 0 aliphatic carbocycles. The molecule has 0 radical (unpaired) electrons. The van der Waals surface area contributed by atoms with Crippen LogP contribution in [0.15, 0.2) is 12.4 Å². The molecule has 0 saturated heterocycles. The van der Waals surface area contributed by atoms with E-state index in [1.165, 1.54) is 13.0 Å². The largest absolute Gasteiger partial charge is 0.313 e. The Morgan fingerprint density at radius 3 is 2.78 bits per heavy atom. The third kappa shape index (κ3) is 2.41. The van der Waals surface area contributed by atoms with Gasteiger partial charge < -0.3 is 4.57 Å². The second kappa shape index (κ2) is 4.86. The average Bonchev–Trinajstić information content (AvgIpc) is 2.70. The summed E-state index contributed by atoms with van der Waals surface area (Å²) in [7, 11) is 0. The predicted octanol–water partition coefficient (Wildman–Crippen LogP) is 2.66. The third-order valence-electron chi connectivity index (χ3n) is 2.42. The van der Waals surface area contributed by atoms with Crippen molar-refractivity contribution < 1.29 is 4.79 Å². The first-order valence-electron chi connectivity index (χ1n) is 5.57. The second-order valence-electron chi connectivity index (χ2n) is 4.23. The Kier molecular flexibility index (Phi) is 3.43. The number of carbonyl (C=O) groups is 1. The molecule has 0 saturated carbocycles. The predicted molar refractivity (Wildman–Crippen MR) is 70.4 cm³/mol. The van der Waals surface area contributed by atoms with Crippen LogP contribution in [0.5, 0.6) is 0 Å². The molecule has 0 spiro atoms. The van der Waals surface area contributed by atoms with Gasteiger partial charge in [-0.1, -0.05) is 11.6 Å². The summed E-state index contributed by atoms with van der Waals surface area (Å²) < 4.78 is 1.91. The minimum Gasteiger partial charge on any atom is -0.313 e. The number of hydrogen-bond acceptors (Lipinski definition) is 4. The van der Waals surface area contributed by atoms with Crippen molar-refractivity contribution in [2.45, 2.75) is 26.8 Å². The molecule has 0 aliphatic heterocycles. The summed E-state index contributed by atoms with van der Waals surface area (Å²) in [6.45, 7) is 5.53. The molecule has 5 nitrogen and oxygen atoms in total. The van der Waals surface area contributed by atoms with Crippen LogP contribution in [-0.2, 0) is 4.79 Å². The van der Waals surface area contributed by atoms with Gasteiger partial charge in [-0.25, -0.2) is 15.0 Å². The van der Waals surface area contributed by atoms with Crippen LogP contribution in [0.25, 0.3) is 17.2 Å². The SMILES string of the molecule is CC(=O)/C=C/c1nc(Cl)c2ncn(C(C)C)c2n1. The Labute approximate surface area is 110 Å². The summed E-state index contributed by atoms with van der Waals surface area (Å²) in [6.07, 6.45) is 4.65. The molecule has 2 heterocycles. The number of rotatable bonds is 3. The molecule has 0 bridgehead atoms. The van der Waals surface area contributed by atoms with Crippen LogP contribution in [0.1, 0.15) is 32.6 Å². The Hall–Kier alpha value is -1.75. The van der Waals surface area contributed by atoms with Crippen molar-refractivity contribution in [3.05, 3.63) is 23.4 Å². The minimum atomic E-state index is -0.0628. The van der Waals surface area contributed by atoms with E-state index in [1.807, 2.05) is 18.4 Å². The molecule has 2 rings (SSSR count). The molecule has 18 heavy (non-hydrogen) atoms. The lowest BCUT2D eigenvalue weighted by atomic mass is 10.3. The summed E-state index contributed by atoms with van der Waals surface area (Å²) in [5.74, 6) is 0.345. The van der Waals surface area contributed by atoms with Crippen molar-refractivity contribution in [1.82, 2.24) is 19.5 Å². The maximum atomic E-state index is 10.9. The van der Waals surface area contributed by atoms with Gasteiger partial charge in [-0.05, 0) is 32.9 Å². The van der Waals surface area contributed by atoms with Gasteiger partial charge in [0, 0.05) is 6.04 Å². The zero-order valence-electron chi connectivity index (χ0n) is 10.4. The first kappa shape index (κ1) is 12.7. The van der Waals surface area contributed by atoms with Crippen molar-refractivity contribution in [3.63, 3.8) is 0 Å². The normalized spacial score (nSPS) is 11.8. The van der Waals surface area contributed by atoms with Crippen LogP contribution >= 0.6 is 11.6 Å². The maximum absolute atomic E-state index is 10.9. The van der Waals surface area contributed by atoms with Gasteiger partial charge in [0.2, 0.25) is 0 Å². The lowest BCUT2D eigenvalue weighted by Gasteiger charge is -2.07. The van der Waals surface area contributed by atoms with E-state index >= 15 is 0 Å². The van der Waals surface area contributed by atoms with Crippen LogP contribution in [0, 0.1) is 0 Å². The number of nitrogens with zero attached hydrogens (tertiary/aromatic N) is 4. The summed E-state index contributed by atoms with van der Waals surface area (Å²) in [5.41, 5.74) is 1.25. The molecular formula is C12H13ClN4O. The highest BCUT2D eigenvalue weighted by Crippen LogP contribution is 2.21. The molecule has 0 aromatic carbocycles. The Morgan fingerprint density at radius 1 is 1.44 bits per heavy atom. The summed E-state index contributed by atoms with van der Waals surface area (Å²) in [5, 5.41) is 0.294. The first-order chi connectivity index (χ1) is 8.49. The van der Waals surface area contributed by atoms with Gasteiger partial charge in [0.15, 0.2) is 22.4 Å². The smallest absolute Gasteiger partial charge is 0.165 e. The van der Waals surface area contributed by atoms with Crippen molar-refractivity contribution in [2.75, 3.05) is 0 Å². The fourth-order valence-electron chi connectivity index (χ4n) is 1.54. The van der Waals surface area contributed by atoms with Crippen LogP contribution in [-0.4, -0.2) is 25.3 Å². The van der Waals surface area contributed by atoms with Crippen molar-refractivity contribution in [2.24, 2.45) is 0 Å². The summed E-state index contributed by atoms with van der Waals surface area (Å²) >= 11 is 6.05. The molecule has 0 unspecified atom stereocenters. The average molecular weight is 265 g/mol. The molecule has 6 heteroatoms. The van der Waals surface area contributed by atoms with E-state index in [2.05, 4.69) is 15.0 Å². The van der Waals surface area contributed by atoms with Gasteiger partial charge in [0.25, 0.3) is 0 Å². The molecule has 0 fully saturated rings. The highest BCUT2D eigenvalue weighted by atomic mass is 35.5. The van der Waals surface area contributed by atoms with Gasteiger partial charge in [-0.15, -0.1) is 0 Å². The van der Waals surface area contributed by atoms with E-state index in [4.69, 9.17) is 11.6 Å². The molecular weight excluding hydrogens is 252 g/mol. The van der Waals surface area contributed by atoms with Crippen LogP contribution in [0.2, 0.25) is 5.15 Å². The number of fused-ring (bicyclic) bond motifs is 1. The van der Waals surface area contributed by atoms with Gasteiger partial charge in [-0.2, -0.15) is 0 Å². The minimum absolute atomic E-state index is 0.0628. The zero-order chi connectivity index (χ0) is 13.3. The third-order valence-corrected chi connectivity index (χ3v) is 2.68. The molecule has 2 aromatic heterocycles. The van der Waals surface area contributed by atoms with Crippen molar-refractivity contribution in [1.29, 1.82) is 0 Å². The Morgan fingerprint density at radius 2 is 2.17 bits per heavy atom. The van der Waals surface area contributed by atoms with E-state index in [-0.39, 0.29) is 11.8 Å². The number of hydrogen-bond donors (Lipinski definition) is 0. The topological polar surface area (TPSA) is 60.7 Å². The van der Waals surface area contributed by atoms with E-state index in [9.17, 15) is 4.79 Å². The number of halogens is 1. The van der Waals surface area contributed by atoms with E-state index in [0.29, 0.717) is 22.1 Å². The summed E-state index contributed by atoms with van der Waals surface area (Å²) in [4.78, 5) is 23.5. The molecule has 94 valence electrons. The molecule has 2 aromatic rings. The Bertz CT molecular complexity index is 630. The fourth-order valence-corrected chi connectivity index (χ4v) is 1.76. The monoisotopic (exact) mass is 264 g/mol. The van der Waals surface area contributed by atoms with Crippen LogP contribution < -0.4 is 0 Å². The van der Waals surface area contributed by atoms with Crippen LogP contribution in [0.4, 0.5) is 0 Å². The highest BCUT2D eigenvalue weighted by molar-refractivity contribution is 6.33.